The molecule has 0 radical (unpaired) electrons. The topological polar surface area (TPSA) is 63.3 Å². The summed E-state index contributed by atoms with van der Waals surface area (Å²) in [7, 11) is 0. The molecule has 0 aromatic rings. The first-order valence-electron chi connectivity index (χ1n) is 2.95. The zero-order valence-electron chi connectivity index (χ0n) is 6.06. The van der Waals surface area contributed by atoms with Crippen LogP contribution < -0.4 is 5.73 Å². The Balaban J connectivity index is 4.86. The highest BCUT2D eigenvalue weighted by Crippen LogP contribution is 2.31. The van der Waals surface area contributed by atoms with Crippen molar-refractivity contribution in [3.63, 3.8) is 0 Å². The Kier molecular flexibility index (Phi) is 2.87. The molecule has 1 unspecified atom stereocenters. The number of aliphatic carboxylic acids is 1. The van der Waals surface area contributed by atoms with Crippen molar-refractivity contribution < 1.29 is 23.1 Å². The molecule has 0 heterocycles. The summed E-state index contributed by atoms with van der Waals surface area (Å²) >= 11 is 0. The van der Waals surface area contributed by atoms with E-state index in [4.69, 9.17) is 5.11 Å². The first-order chi connectivity index (χ1) is 5.25. The van der Waals surface area contributed by atoms with Gasteiger partial charge < -0.3 is 10.8 Å². The van der Waals surface area contributed by atoms with Crippen LogP contribution in [0.15, 0.2) is 12.7 Å². The Morgan fingerprint density at radius 2 is 2.00 bits per heavy atom. The van der Waals surface area contributed by atoms with Crippen LogP contribution in [-0.2, 0) is 4.79 Å². The van der Waals surface area contributed by atoms with Crippen molar-refractivity contribution >= 4 is 5.97 Å². The number of hydrogen-bond acceptors (Lipinski definition) is 2. The van der Waals surface area contributed by atoms with E-state index in [-0.39, 0.29) is 0 Å². The Labute approximate surface area is 66.7 Å². The largest absolute Gasteiger partial charge is 0.480 e. The van der Waals surface area contributed by atoms with Crippen LogP contribution in [0.5, 0.6) is 0 Å². The average molecular weight is 183 g/mol. The van der Waals surface area contributed by atoms with Gasteiger partial charge in [-0.3, -0.25) is 0 Å². The summed E-state index contributed by atoms with van der Waals surface area (Å²) in [6.07, 6.45) is -4.99. The lowest BCUT2D eigenvalue weighted by Gasteiger charge is -2.25. The summed E-state index contributed by atoms with van der Waals surface area (Å²) < 4.78 is 36.0. The molecule has 12 heavy (non-hydrogen) atoms. The first kappa shape index (κ1) is 11.0. The molecule has 0 aliphatic carbocycles. The van der Waals surface area contributed by atoms with Gasteiger partial charge in [0, 0.05) is 6.42 Å². The van der Waals surface area contributed by atoms with E-state index in [0.717, 1.165) is 6.08 Å². The lowest BCUT2D eigenvalue weighted by Crippen LogP contribution is -2.59. The first-order valence-corrected chi connectivity index (χ1v) is 2.95. The number of rotatable bonds is 3. The van der Waals surface area contributed by atoms with Gasteiger partial charge in [0.1, 0.15) is 0 Å². The van der Waals surface area contributed by atoms with Gasteiger partial charge >= 0.3 is 12.1 Å². The molecule has 0 fully saturated rings. The van der Waals surface area contributed by atoms with E-state index in [0.29, 0.717) is 0 Å². The summed E-state index contributed by atoms with van der Waals surface area (Å²) in [4.78, 5) is 10.2. The third-order valence-electron chi connectivity index (χ3n) is 1.35. The third-order valence-corrected chi connectivity index (χ3v) is 1.35. The van der Waals surface area contributed by atoms with Gasteiger partial charge in [-0.15, -0.1) is 6.58 Å². The maximum atomic E-state index is 12.0. The monoisotopic (exact) mass is 183 g/mol. The van der Waals surface area contributed by atoms with E-state index in [9.17, 15) is 18.0 Å². The van der Waals surface area contributed by atoms with Crippen molar-refractivity contribution in [3.8, 4) is 0 Å². The second-order valence-corrected chi connectivity index (χ2v) is 2.27. The lowest BCUT2D eigenvalue weighted by atomic mass is 9.96. The van der Waals surface area contributed by atoms with Crippen LogP contribution in [0.25, 0.3) is 0 Å². The van der Waals surface area contributed by atoms with E-state index < -0.39 is 24.1 Å². The fourth-order valence-electron chi connectivity index (χ4n) is 0.552. The molecule has 0 aliphatic rings. The summed E-state index contributed by atoms with van der Waals surface area (Å²) in [5.74, 6) is -2.10. The fourth-order valence-corrected chi connectivity index (χ4v) is 0.552. The van der Waals surface area contributed by atoms with Crippen LogP contribution in [0.3, 0.4) is 0 Å². The molecule has 0 aliphatic heterocycles. The van der Waals surface area contributed by atoms with Gasteiger partial charge in [0.25, 0.3) is 0 Å². The molecule has 6 heteroatoms. The van der Waals surface area contributed by atoms with Gasteiger partial charge in [0.05, 0.1) is 0 Å². The molecule has 70 valence electrons. The van der Waals surface area contributed by atoms with E-state index in [1.165, 1.54) is 0 Å². The maximum absolute atomic E-state index is 12.0. The summed E-state index contributed by atoms with van der Waals surface area (Å²) in [5.41, 5.74) is 1.42. The van der Waals surface area contributed by atoms with Crippen LogP contribution in [0.4, 0.5) is 13.2 Å². The Bertz CT molecular complexity index is 201. The SMILES string of the molecule is C=CCC(N)(C(=O)O)C(F)(F)F. The van der Waals surface area contributed by atoms with E-state index in [2.05, 4.69) is 12.3 Å². The molecule has 0 saturated carbocycles. The van der Waals surface area contributed by atoms with Crippen molar-refractivity contribution in [1.82, 2.24) is 0 Å². The highest BCUT2D eigenvalue weighted by molar-refractivity contribution is 5.79. The summed E-state index contributed by atoms with van der Waals surface area (Å²) in [5, 5.41) is 8.21. The standard InChI is InChI=1S/C6H8F3NO2/c1-2-3-5(10,4(11)12)6(7,8)9/h2H,1,3,10H2,(H,11,12). The van der Waals surface area contributed by atoms with Gasteiger partial charge in [0.2, 0.25) is 5.54 Å². The van der Waals surface area contributed by atoms with Crippen LogP contribution in [0.1, 0.15) is 6.42 Å². The fraction of sp³-hybridized carbons (Fsp3) is 0.500. The molecule has 0 rings (SSSR count). The Hall–Kier alpha value is -1.04. The smallest absolute Gasteiger partial charge is 0.417 e. The molecule has 3 nitrogen and oxygen atoms in total. The van der Waals surface area contributed by atoms with Gasteiger partial charge in [-0.2, -0.15) is 13.2 Å². The number of halogens is 3. The third kappa shape index (κ3) is 1.76. The van der Waals surface area contributed by atoms with Gasteiger partial charge in [-0.05, 0) is 0 Å². The lowest BCUT2D eigenvalue weighted by molar-refractivity contribution is -0.201. The average Bonchev–Trinajstić information content (AvgIpc) is 1.85. The summed E-state index contributed by atoms with van der Waals surface area (Å²) in [6.45, 7) is 3.00. The molecule has 0 bridgehead atoms. The number of nitrogens with two attached hydrogens (primary N) is 1. The molecule has 0 spiro atoms. The van der Waals surface area contributed by atoms with Crippen LogP contribution in [0, 0.1) is 0 Å². The molecule has 3 N–H and O–H groups in total. The van der Waals surface area contributed by atoms with Crippen molar-refractivity contribution in [1.29, 1.82) is 0 Å². The number of carboxylic acid groups (broad SMARTS) is 1. The Morgan fingerprint density at radius 3 is 2.08 bits per heavy atom. The van der Waals surface area contributed by atoms with E-state index >= 15 is 0 Å². The van der Waals surface area contributed by atoms with Crippen LogP contribution in [0.2, 0.25) is 0 Å². The number of alkyl halides is 3. The molecular weight excluding hydrogens is 175 g/mol. The predicted octanol–water partition coefficient (Wildman–Crippen LogP) is 0.907. The van der Waals surface area contributed by atoms with Gasteiger partial charge in [-0.1, -0.05) is 6.08 Å². The zero-order chi connectivity index (χ0) is 9.99. The summed E-state index contributed by atoms with van der Waals surface area (Å²) in [6, 6.07) is 0. The van der Waals surface area contributed by atoms with Gasteiger partial charge in [0.15, 0.2) is 0 Å². The second-order valence-electron chi connectivity index (χ2n) is 2.27. The highest BCUT2D eigenvalue weighted by Gasteiger charge is 2.57. The molecule has 0 saturated heterocycles. The molecule has 1 atom stereocenters. The minimum atomic E-state index is -4.97. The maximum Gasteiger partial charge on any atom is 0.417 e. The molecule has 0 amide bonds. The quantitative estimate of drug-likeness (QED) is 0.639. The highest BCUT2D eigenvalue weighted by atomic mass is 19.4. The molecule has 0 aromatic heterocycles. The normalized spacial score (nSPS) is 16.7. The number of carboxylic acids is 1. The molecule has 0 aromatic carbocycles. The van der Waals surface area contributed by atoms with Crippen molar-refractivity contribution in [3.05, 3.63) is 12.7 Å². The zero-order valence-corrected chi connectivity index (χ0v) is 6.06. The van der Waals surface area contributed by atoms with Crippen LogP contribution in [-0.4, -0.2) is 22.8 Å². The van der Waals surface area contributed by atoms with Gasteiger partial charge in [-0.25, -0.2) is 4.79 Å². The minimum absolute atomic E-state index is 0.821. The van der Waals surface area contributed by atoms with Crippen LogP contribution >= 0.6 is 0 Å². The second kappa shape index (κ2) is 3.14. The number of carbonyl (C=O) groups is 1. The van der Waals surface area contributed by atoms with Crippen molar-refractivity contribution in [2.75, 3.05) is 0 Å². The minimum Gasteiger partial charge on any atom is -0.480 e. The van der Waals surface area contributed by atoms with E-state index in [1.54, 1.807) is 0 Å². The number of hydrogen-bond donors (Lipinski definition) is 2. The van der Waals surface area contributed by atoms with E-state index in [1.807, 2.05) is 0 Å². The molecular formula is C6H8F3NO2. The predicted molar refractivity (Wildman–Crippen MR) is 35.4 cm³/mol. The van der Waals surface area contributed by atoms with Crippen molar-refractivity contribution in [2.45, 2.75) is 18.1 Å². The van der Waals surface area contributed by atoms with Crippen molar-refractivity contribution in [2.24, 2.45) is 5.73 Å². The Morgan fingerprint density at radius 1 is 1.58 bits per heavy atom.